The molecule has 0 aliphatic heterocycles. The lowest BCUT2D eigenvalue weighted by molar-refractivity contribution is -0.147. The maximum Gasteiger partial charge on any atom is 0.344 e. The zero-order valence-electron chi connectivity index (χ0n) is 19.5. The lowest BCUT2D eigenvalue weighted by atomic mass is 9.94. The number of ether oxygens (including phenoxy) is 2. The highest BCUT2D eigenvalue weighted by Crippen LogP contribution is 2.29. The number of carbonyl (C=O) groups is 2. The number of hydrogen-bond donors (Lipinski definition) is 1. The minimum atomic E-state index is -0.508. The Balaban J connectivity index is 1.45. The van der Waals surface area contributed by atoms with Crippen LogP contribution >= 0.6 is 0 Å². The molecule has 1 saturated carbocycles. The van der Waals surface area contributed by atoms with Crippen molar-refractivity contribution in [2.24, 2.45) is 11.7 Å². The van der Waals surface area contributed by atoms with Gasteiger partial charge in [-0.2, -0.15) is 0 Å². The van der Waals surface area contributed by atoms with Crippen molar-refractivity contribution in [3.05, 3.63) is 83.4 Å². The summed E-state index contributed by atoms with van der Waals surface area (Å²) in [6, 6.07) is 14.0. The van der Waals surface area contributed by atoms with Crippen LogP contribution in [-0.4, -0.2) is 30.0 Å². The van der Waals surface area contributed by atoms with Gasteiger partial charge in [0.2, 0.25) is 0 Å². The van der Waals surface area contributed by atoms with E-state index in [0.29, 0.717) is 29.4 Å². The molecule has 0 bridgehead atoms. The Morgan fingerprint density at radius 3 is 2.66 bits per heavy atom. The van der Waals surface area contributed by atoms with Crippen molar-refractivity contribution >= 4 is 11.8 Å². The van der Waals surface area contributed by atoms with E-state index in [1.165, 1.54) is 25.1 Å². The highest BCUT2D eigenvalue weighted by Gasteiger charge is 2.17. The molecule has 0 unspecified atom stereocenters. The van der Waals surface area contributed by atoms with Crippen molar-refractivity contribution in [3.63, 3.8) is 0 Å². The Morgan fingerprint density at radius 2 is 1.89 bits per heavy atom. The topological polar surface area (TPSA) is 91.5 Å². The minimum Gasteiger partial charge on any atom is -0.482 e. The Bertz CT molecular complexity index is 1190. The van der Waals surface area contributed by atoms with Crippen LogP contribution in [0.5, 0.6) is 5.75 Å². The second-order valence-electron chi connectivity index (χ2n) is 8.79. The summed E-state index contributed by atoms with van der Waals surface area (Å²) in [7, 11) is 0. The second kappa shape index (κ2) is 11.7. The molecule has 182 valence electrons. The third kappa shape index (κ3) is 6.51. The number of ketones is 1. The molecule has 35 heavy (non-hydrogen) atoms. The van der Waals surface area contributed by atoms with Gasteiger partial charge in [0.25, 0.3) is 0 Å². The fraction of sp³-hybridized carbons (Fsp3) is 0.321. The van der Waals surface area contributed by atoms with E-state index in [0.717, 1.165) is 35.7 Å². The molecule has 2 N–H and O–H groups in total. The molecule has 1 aliphatic carbocycles. The predicted octanol–water partition coefficient (Wildman–Crippen LogP) is 4.88. The first-order valence-corrected chi connectivity index (χ1v) is 11.9. The minimum absolute atomic E-state index is 0.0676. The quantitative estimate of drug-likeness (QED) is 0.331. The number of esters is 1. The van der Waals surface area contributed by atoms with Gasteiger partial charge in [-0.3, -0.25) is 9.78 Å². The molecule has 0 spiro atoms. The lowest BCUT2D eigenvalue weighted by Gasteiger charge is -2.13. The summed E-state index contributed by atoms with van der Waals surface area (Å²) in [5.74, 6) is -0.134. The number of carbonyl (C=O) groups excluding carboxylic acids is 2. The van der Waals surface area contributed by atoms with E-state index in [1.807, 2.05) is 12.1 Å². The van der Waals surface area contributed by atoms with Gasteiger partial charge in [0.1, 0.15) is 11.6 Å². The van der Waals surface area contributed by atoms with E-state index in [-0.39, 0.29) is 31.3 Å². The van der Waals surface area contributed by atoms with Gasteiger partial charge in [0.15, 0.2) is 12.4 Å². The van der Waals surface area contributed by atoms with E-state index >= 15 is 0 Å². The Labute approximate surface area is 204 Å². The van der Waals surface area contributed by atoms with E-state index in [4.69, 9.17) is 15.2 Å². The summed E-state index contributed by atoms with van der Waals surface area (Å²) >= 11 is 0. The van der Waals surface area contributed by atoms with E-state index in [1.54, 1.807) is 30.3 Å². The van der Waals surface area contributed by atoms with Crippen molar-refractivity contribution in [3.8, 4) is 16.9 Å². The molecule has 1 heterocycles. The number of rotatable bonds is 10. The standard InChI is InChI=1S/C28H29FN2O4/c29-26-16-31-11-10-21(26)14-27(32)22-8-9-23(15-30)25(13-22)20-6-3-7-24(12-20)34-18-28(33)35-17-19-4-1-2-5-19/h3,6-13,16,19H,1-2,4-5,14-15,17-18,30H2. The Hall–Kier alpha value is -3.58. The zero-order valence-corrected chi connectivity index (χ0v) is 19.5. The first-order chi connectivity index (χ1) is 17.0. The van der Waals surface area contributed by atoms with Crippen LogP contribution in [0.4, 0.5) is 4.39 Å². The summed E-state index contributed by atoms with van der Waals surface area (Å²) in [6.07, 6.45) is 7.11. The summed E-state index contributed by atoms with van der Waals surface area (Å²) in [5, 5.41) is 0. The van der Waals surface area contributed by atoms with Crippen LogP contribution in [-0.2, 0) is 22.5 Å². The number of nitrogens with two attached hydrogens (primary N) is 1. The van der Waals surface area contributed by atoms with Crippen LogP contribution in [0.1, 0.15) is 47.2 Å². The summed E-state index contributed by atoms with van der Waals surface area (Å²) in [6.45, 7) is 0.559. The van der Waals surface area contributed by atoms with Gasteiger partial charge in [-0.05, 0) is 65.3 Å². The highest BCUT2D eigenvalue weighted by atomic mass is 19.1. The predicted molar refractivity (Wildman–Crippen MR) is 130 cm³/mol. The molecule has 4 rings (SSSR count). The number of nitrogens with zero attached hydrogens (tertiary/aromatic N) is 1. The van der Waals surface area contributed by atoms with Gasteiger partial charge in [-0.15, -0.1) is 0 Å². The smallest absolute Gasteiger partial charge is 0.344 e. The number of aromatic nitrogens is 1. The number of hydrogen-bond acceptors (Lipinski definition) is 6. The van der Waals surface area contributed by atoms with E-state index in [9.17, 15) is 14.0 Å². The van der Waals surface area contributed by atoms with Gasteiger partial charge in [0, 0.05) is 24.7 Å². The maximum absolute atomic E-state index is 14.0. The molecule has 3 aromatic rings. The highest BCUT2D eigenvalue weighted by molar-refractivity contribution is 5.98. The lowest BCUT2D eigenvalue weighted by Crippen LogP contribution is -2.18. The van der Waals surface area contributed by atoms with Gasteiger partial charge in [-0.25, -0.2) is 9.18 Å². The first-order valence-electron chi connectivity index (χ1n) is 11.9. The fourth-order valence-electron chi connectivity index (χ4n) is 4.34. The molecule has 7 heteroatoms. The molecule has 1 aromatic heterocycles. The number of pyridine rings is 1. The van der Waals surface area contributed by atoms with Gasteiger partial charge in [-0.1, -0.05) is 37.1 Å². The molecule has 0 amide bonds. The fourth-order valence-corrected chi connectivity index (χ4v) is 4.34. The van der Waals surface area contributed by atoms with Crippen LogP contribution < -0.4 is 10.5 Å². The molecule has 2 aromatic carbocycles. The molecule has 0 saturated heterocycles. The second-order valence-corrected chi connectivity index (χ2v) is 8.79. The largest absolute Gasteiger partial charge is 0.482 e. The monoisotopic (exact) mass is 476 g/mol. The zero-order chi connectivity index (χ0) is 24.6. The normalized spacial score (nSPS) is 13.5. The van der Waals surface area contributed by atoms with E-state index in [2.05, 4.69) is 4.98 Å². The average molecular weight is 477 g/mol. The van der Waals surface area contributed by atoms with E-state index < -0.39 is 5.82 Å². The number of Topliss-reactive ketones (excluding diaryl/α,β-unsaturated/α-hetero) is 1. The van der Waals surface area contributed by atoms with Crippen LogP contribution in [0.2, 0.25) is 0 Å². The maximum atomic E-state index is 14.0. The van der Waals surface area contributed by atoms with Crippen molar-refractivity contribution < 1.29 is 23.5 Å². The molecule has 1 aliphatic rings. The van der Waals surface area contributed by atoms with Crippen LogP contribution in [0, 0.1) is 11.7 Å². The summed E-state index contributed by atoms with van der Waals surface area (Å²) in [5.41, 5.74) is 9.13. The summed E-state index contributed by atoms with van der Waals surface area (Å²) in [4.78, 5) is 28.7. The third-order valence-electron chi connectivity index (χ3n) is 6.32. The van der Waals surface area contributed by atoms with Crippen molar-refractivity contribution in [1.82, 2.24) is 4.98 Å². The third-order valence-corrected chi connectivity index (χ3v) is 6.32. The van der Waals surface area contributed by atoms with Crippen molar-refractivity contribution in [2.45, 2.75) is 38.6 Å². The first kappa shape index (κ1) is 24.5. The molecule has 0 radical (unpaired) electrons. The van der Waals surface area contributed by atoms with Gasteiger partial charge < -0.3 is 15.2 Å². The van der Waals surface area contributed by atoms with Gasteiger partial charge in [0.05, 0.1) is 12.8 Å². The molecule has 1 fully saturated rings. The number of benzene rings is 2. The average Bonchev–Trinajstić information content (AvgIpc) is 3.41. The van der Waals surface area contributed by atoms with Crippen LogP contribution in [0.25, 0.3) is 11.1 Å². The number of halogens is 1. The molecule has 6 nitrogen and oxygen atoms in total. The van der Waals surface area contributed by atoms with Gasteiger partial charge >= 0.3 is 5.97 Å². The van der Waals surface area contributed by atoms with Crippen LogP contribution in [0.15, 0.2) is 60.9 Å². The Morgan fingerprint density at radius 1 is 1.06 bits per heavy atom. The van der Waals surface area contributed by atoms with Crippen molar-refractivity contribution in [2.75, 3.05) is 13.2 Å². The molecule has 0 atom stereocenters. The SMILES string of the molecule is NCc1ccc(C(=O)Cc2ccncc2F)cc1-c1cccc(OCC(=O)OCC2CCCC2)c1. The van der Waals surface area contributed by atoms with Crippen LogP contribution in [0.3, 0.4) is 0 Å². The summed E-state index contributed by atoms with van der Waals surface area (Å²) < 4.78 is 25.0. The Kier molecular flexibility index (Phi) is 8.21. The molecular weight excluding hydrogens is 447 g/mol. The van der Waals surface area contributed by atoms with Crippen molar-refractivity contribution in [1.29, 1.82) is 0 Å². The molecular formula is C28H29FN2O4.